The van der Waals surface area contributed by atoms with Crippen LogP contribution in [0.4, 0.5) is 9.18 Å². The second kappa shape index (κ2) is 7.00. The van der Waals surface area contributed by atoms with Crippen LogP contribution in [-0.4, -0.2) is 19.4 Å². The standard InChI is InChI=1S/C17H17FN2O3/c18-14-3-1-2-12(8-14)6-7-19-17(21)20-10-13-4-5-15-16(9-13)23-11-22-15/h1-5,8-9H,6-7,10-11H2,(H2,19,20,21). The van der Waals surface area contributed by atoms with Gasteiger partial charge in [0, 0.05) is 13.1 Å². The normalized spacial score (nSPS) is 12.0. The molecule has 1 aliphatic heterocycles. The van der Waals surface area contributed by atoms with E-state index in [0.717, 1.165) is 11.1 Å². The Morgan fingerprint density at radius 3 is 2.78 bits per heavy atom. The molecule has 0 bridgehead atoms. The van der Waals surface area contributed by atoms with Crippen molar-refractivity contribution in [2.24, 2.45) is 0 Å². The van der Waals surface area contributed by atoms with Crippen LogP contribution in [0.15, 0.2) is 42.5 Å². The Labute approximate surface area is 133 Å². The maximum absolute atomic E-state index is 13.0. The minimum absolute atomic E-state index is 0.229. The molecule has 0 fully saturated rings. The highest BCUT2D eigenvalue weighted by atomic mass is 19.1. The second-order valence-corrected chi connectivity index (χ2v) is 5.18. The molecule has 1 aliphatic rings. The summed E-state index contributed by atoms with van der Waals surface area (Å²) in [5, 5.41) is 5.51. The first-order valence-corrected chi connectivity index (χ1v) is 7.35. The van der Waals surface area contributed by atoms with Gasteiger partial charge in [-0.15, -0.1) is 0 Å². The van der Waals surface area contributed by atoms with Crippen LogP contribution in [0.1, 0.15) is 11.1 Å². The Hall–Kier alpha value is -2.76. The van der Waals surface area contributed by atoms with Gasteiger partial charge in [0.25, 0.3) is 0 Å². The fraction of sp³-hybridized carbons (Fsp3) is 0.235. The zero-order valence-corrected chi connectivity index (χ0v) is 12.5. The quantitative estimate of drug-likeness (QED) is 0.891. The van der Waals surface area contributed by atoms with Crippen molar-refractivity contribution < 1.29 is 18.7 Å². The van der Waals surface area contributed by atoms with Crippen LogP contribution in [0.3, 0.4) is 0 Å². The summed E-state index contributed by atoms with van der Waals surface area (Å²) in [6, 6.07) is 11.6. The topological polar surface area (TPSA) is 59.6 Å². The van der Waals surface area contributed by atoms with E-state index in [9.17, 15) is 9.18 Å². The minimum atomic E-state index is -0.269. The zero-order valence-electron chi connectivity index (χ0n) is 12.5. The molecule has 0 saturated carbocycles. The van der Waals surface area contributed by atoms with Crippen LogP contribution in [0.25, 0.3) is 0 Å². The van der Waals surface area contributed by atoms with Gasteiger partial charge in [0.05, 0.1) is 0 Å². The maximum atomic E-state index is 13.0. The molecule has 0 spiro atoms. The number of rotatable bonds is 5. The summed E-state index contributed by atoms with van der Waals surface area (Å²) in [5.74, 6) is 1.14. The Morgan fingerprint density at radius 2 is 1.91 bits per heavy atom. The molecule has 2 aromatic rings. The van der Waals surface area contributed by atoms with Crippen molar-refractivity contribution in [3.63, 3.8) is 0 Å². The second-order valence-electron chi connectivity index (χ2n) is 5.18. The SMILES string of the molecule is O=C(NCCc1cccc(F)c1)NCc1ccc2c(c1)OCO2. The van der Waals surface area contributed by atoms with Crippen molar-refractivity contribution in [3.8, 4) is 11.5 Å². The summed E-state index contributed by atoms with van der Waals surface area (Å²) in [4.78, 5) is 11.8. The average Bonchev–Trinajstić information content (AvgIpc) is 3.00. The van der Waals surface area contributed by atoms with E-state index in [1.807, 2.05) is 24.3 Å². The first-order valence-electron chi connectivity index (χ1n) is 7.35. The number of benzene rings is 2. The predicted molar refractivity (Wildman–Crippen MR) is 82.9 cm³/mol. The Bertz CT molecular complexity index is 706. The molecule has 23 heavy (non-hydrogen) atoms. The van der Waals surface area contributed by atoms with Crippen molar-refractivity contribution in [1.29, 1.82) is 0 Å². The van der Waals surface area contributed by atoms with Crippen LogP contribution in [-0.2, 0) is 13.0 Å². The number of carbonyl (C=O) groups is 1. The van der Waals surface area contributed by atoms with Gasteiger partial charge in [0.2, 0.25) is 6.79 Å². The van der Waals surface area contributed by atoms with Crippen LogP contribution < -0.4 is 20.1 Å². The molecule has 1 heterocycles. The summed E-state index contributed by atoms with van der Waals surface area (Å²) in [6.07, 6.45) is 0.579. The number of nitrogens with one attached hydrogen (secondary N) is 2. The zero-order chi connectivity index (χ0) is 16.1. The smallest absolute Gasteiger partial charge is 0.315 e. The van der Waals surface area contributed by atoms with Crippen LogP contribution in [0, 0.1) is 5.82 Å². The van der Waals surface area contributed by atoms with Crippen molar-refractivity contribution in [2.45, 2.75) is 13.0 Å². The fourth-order valence-electron chi connectivity index (χ4n) is 2.31. The molecule has 0 saturated heterocycles. The van der Waals surface area contributed by atoms with Crippen molar-refractivity contribution in [3.05, 3.63) is 59.4 Å². The fourth-order valence-corrected chi connectivity index (χ4v) is 2.31. The van der Waals surface area contributed by atoms with Gasteiger partial charge < -0.3 is 20.1 Å². The third-order valence-electron chi connectivity index (χ3n) is 3.48. The molecule has 0 radical (unpaired) electrons. The molecule has 0 unspecified atom stereocenters. The van der Waals surface area contributed by atoms with Crippen molar-refractivity contribution in [2.75, 3.05) is 13.3 Å². The van der Waals surface area contributed by atoms with E-state index in [2.05, 4.69) is 10.6 Å². The molecule has 2 N–H and O–H groups in total. The largest absolute Gasteiger partial charge is 0.454 e. The molecule has 0 aromatic heterocycles. The van der Waals surface area contributed by atoms with Gasteiger partial charge in [-0.3, -0.25) is 0 Å². The lowest BCUT2D eigenvalue weighted by Crippen LogP contribution is -2.36. The number of fused-ring (bicyclic) bond motifs is 1. The summed E-state index contributed by atoms with van der Waals surface area (Å²) in [5.41, 5.74) is 1.77. The Kier molecular flexibility index (Phi) is 4.61. The van der Waals surface area contributed by atoms with Crippen molar-refractivity contribution >= 4 is 6.03 Å². The van der Waals surface area contributed by atoms with E-state index in [1.54, 1.807) is 6.07 Å². The molecule has 0 atom stereocenters. The number of urea groups is 1. The summed E-state index contributed by atoms with van der Waals surface area (Å²) >= 11 is 0. The van der Waals surface area contributed by atoms with Gasteiger partial charge in [-0.25, -0.2) is 9.18 Å². The Balaban J connectivity index is 1.41. The number of hydrogen-bond acceptors (Lipinski definition) is 3. The van der Waals surface area contributed by atoms with Crippen molar-refractivity contribution in [1.82, 2.24) is 10.6 Å². The molecule has 6 heteroatoms. The lowest BCUT2D eigenvalue weighted by Gasteiger charge is -2.08. The highest BCUT2D eigenvalue weighted by Crippen LogP contribution is 2.32. The average molecular weight is 316 g/mol. The molecular weight excluding hydrogens is 299 g/mol. The number of halogens is 1. The highest BCUT2D eigenvalue weighted by Gasteiger charge is 2.13. The van der Waals surface area contributed by atoms with Gasteiger partial charge in [0.1, 0.15) is 5.82 Å². The monoisotopic (exact) mass is 316 g/mol. The molecule has 3 rings (SSSR count). The van der Waals surface area contributed by atoms with E-state index in [0.29, 0.717) is 31.0 Å². The first-order chi connectivity index (χ1) is 11.2. The third kappa shape index (κ3) is 4.12. The lowest BCUT2D eigenvalue weighted by atomic mass is 10.1. The first kappa shape index (κ1) is 15.1. The predicted octanol–water partition coefficient (Wildman–Crippen LogP) is 2.60. The summed E-state index contributed by atoms with van der Waals surface area (Å²) in [7, 11) is 0. The van der Waals surface area contributed by atoms with Crippen LogP contribution in [0.5, 0.6) is 11.5 Å². The van der Waals surface area contributed by atoms with E-state index in [-0.39, 0.29) is 18.6 Å². The van der Waals surface area contributed by atoms with Crippen LogP contribution in [0.2, 0.25) is 0 Å². The van der Waals surface area contributed by atoms with E-state index in [4.69, 9.17) is 9.47 Å². The lowest BCUT2D eigenvalue weighted by molar-refractivity contribution is 0.174. The maximum Gasteiger partial charge on any atom is 0.315 e. The molecule has 0 aliphatic carbocycles. The van der Waals surface area contributed by atoms with Gasteiger partial charge in [-0.05, 0) is 41.8 Å². The molecule has 2 aromatic carbocycles. The van der Waals surface area contributed by atoms with Gasteiger partial charge in [0.15, 0.2) is 11.5 Å². The highest BCUT2D eigenvalue weighted by molar-refractivity contribution is 5.73. The Morgan fingerprint density at radius 1 is 1.04 bits per heavy atom. The molecule has 2 amide bonds. The number of carbonyl (C=O) groups excluding carboxylic acids is 1. The molecule has 120 valence electrons. The summed E-state index contributed by atoms with van der Waals surface area (Å²) < 4.78 is 23.6. The third-order valence-corrected chi connectivity index (χ3v) is 3.48. The molecular formula is C17H17FN2O3. The van der Waals surface area contributed by atoms with Gasteiger partial charge in [-0.2, -0.15) is 0 Å². The summed E-state index contributed by atoms with van der Waals surface area (Å²) in [6.45, 7) is 1.06. The van der Waals surface area contributed by atoms with E-state index >= 15 is 0 Å². The molecule has 5 nitrogen and oxygen atoms in total. The van der Waals surface area contributed by atoms with Crippen LogP contribution >= 0.6 is 0 Å². The van der Waals surface area contributed by atoms with Gasteiger partial charge >= 0.3 is 6.03 Å². The number of amides is 2. The van der Waals surface area contributed by atoms with E-state index < -0.39 is 0 Å². The minimum Gasteiger partial charge on any atom is -0.454 e. The number of hydrogen-bond donors (Lipinski definition) is 2. The van der Waals surface area contributed by atoms with E-state index in [1.165, 1.54) is 12.1 Å². The number of ether oxygens (including phenoxy) is 2. The van der Waals surface area contributed by atoms with Gasteiger partial charge in [-0.1, -0.05) is 18.2 Å².